The third kappa shape index (κ3) is 2.75. The van der Waals surface area contributed by atoms with Gasteiger partial charge in [-0.2, -0.15) is 0 Å². The summed E-state index contributed by atoms with van der Waals surface area (Å²) in [6.07, 6.45) is 5.11. The molecule has 1 nitrogen and oxygen atoms in total. The summed E-state index contributed by atoms with van der Waals surface area (Å²) >= 11 is 0. The van der Waals surface area contributed by atoms with E-state index in [1.54, 1.807) is 0 Å². The Labute approximate surface area is 103 Å². The van der Waals surface area contributed by atoms with Gasteiger partial charge in [0.05, 0.1) is 0 Å². The highest BCUT2D eigenvalue weighted by molar-refractivity contribution is 5.86. The molecule has 0 radical (unpaired) electrons. The van der Waals surface area contributed by atoms with Gasteiger partial charge >= 0.3 is 0 Å². The van der Waals surface area contributed by atoms with E-state index in [0.717, 1.165) is 19.3 Å². The van der Waals surface area contributed by atoms with E-state index >= 15 is 0 Å². The Bertz CT molecular complexity index is 496. The van der Waals surface area contributed by atoms with Gasteiger partial charge in [0.15, 0.2) is 0 Å². The Balaban J connectivity index is 2.25. The second-order valence-corrected chi connectivity index (χ2v) is 4.39. The van der Waals surface area contributed by atoms with Crippen LogP contribution in [0.3, 0.4) is 0 Å². The van der Waals surface area contributed by atoms with E-state index in [4.69, 9.17) is 5.73 Å². The number of nitrogens with two attached hydrogens (primary N) is 1. The monoisotopic (exact) mass is 225 g/mol. The second kappa shape index (κ2) is 5.65. The fourth-order valence-electron chi connectivity index (χ4n) is 2.21. The molecule has 0 aliphatic heterocycles. The fraction of sp³-hybridized carbons (Fsp3) is 0.250. The lowest BCUT2D eigenvalue weighted by atomic mass is 9.96. The van der Waals surface area contributed by atoms with Gasteiger partial charge in [-0.25, -0.2) is 0 Å². The maximum atomic E-state index is 6.27. The average molecular weight is 225 g/mol. The van der Waals surface area contributed by atoms with Crippen LogP contribution in [0.1, 0.15) is 30.9 Å². The molecule has 2 aromatic carbocycles. The fourth-order valence-corrected chi connectivity index (χ4v) is 2.21. The van der Waals surface area contributed by atoms with E-state index in [2.05, 4.69) is 49.0 Å². The summed E-state index contributed by atoms with van der Waals surface area (Å²) in [7, 11) is 0. The number of allylic oxidation sites excluding steroid dienone is 1. The maximum Gasteiger partial charge on any atom is 0.0301 e. The Morgan fingerprint density at radius 3 is 2.71 bits per heavy atom. The summed E-state index contributed by atoms with van der Waals surface area (Å²) in [5.41, 5.74) is 7.52. The molecule has 0 aromatic heterocycles. The van der Waals surface area contributed by atoms with E-state index in [9.17, 15) is 0 Å². The lowest BCUT2D eigenvalue weighted by Gasteiger charge is -2.14. The molecule has 0 amide bonds. The van der Waals surface area contributed by atoms with Crippen LogP contribution in [0.5, 0.6) is 0 Å². The summed E-state index contributed by atoms with van der Waals surface area (Å²) in [5, 5.41) is 2.55. The molecule has 1 heteroatoms. The Morgan fingerprint density at radius 1 is 1.12 bits per heavy atom. The minimum absolute atomic E-state index is 0.126. The SMILES string of the molecule is C=CCCCC(N)c1cccc2ccccc12. The summed E-state index contributed by atoms with van der Waals surface area (Å²) in [5.74, 6) is 0. The number of rotatable bonds is 5. The largest absolute Gasteiger partial charge is 0.324 e. The summed E-state index contributed by atoms with van der Waals surface area (Å²) < 4.78 is 0. The van der Waals surface area contributed by atoms with Crippen LogP contribution in [0.25, 0.3) is 10.8 Å². The van der Waals surface area contributed by atoms with Gasteiger partial charge in [-0.3, -0.25) is 0 Å². The average Bonchev–Trinajstić information content (AvgIpc) is 2.38. The molecule has 2 N–H and O–H groups in total. The van der Waals surface area contributed by atoms with Crippen LogP contribution in [-0.4, -0.2) is 0 Å². The van der Waals surface area contributed by atoms with Gasteiger partial charge in [-0.1, -0.05) is 48.5 Å². The Kier molecular flexibility index (Phi) is 3.94. The first-order valence-electron chi connectivity index (χ1n) is 6.17. The number of fused-ring (bicyclic) bond motifs is 1. The van der Waals surface area contributed by atoms with Crippen molar-refractivity contribution in [1.82, 2.24) is 0 Å². The molecule has 0 spiro atoms. The Hall–Kier alpha value is -1.60. The van der Waals surface area contributed by atoms with Crippen LogP contribution in [0.2, 0.25) is 0 Å². The third-order valence-electron chi connectivity index (χ3n) is 3.15. The van der Waals surface area contributed by atoms with E-state index < -0.39 is 0 Å². The first-order valence-corrected chi connectivity index (χ1v) is 6.17. The highest BCUT2D eigenvalue weighted by Crippen LogP contribution is 2.25. The van der Waals surface area contributed by atoms with Crippen molar-refractivity contribution in [3.05, 3.63) is 60.7 Å². The first kappa shape index (κ1) is 11.9. The smallest absolute Gasteiger partial charge is 0.0301 e. The Morgan fingerprint density at radius 2 is 1.88 bits per heavy atom. The van der Waals surface area contributed by atoms with Gasteiger partial charge < -0.3 is 5.73 Å². The molecule has 0 aliphatic rings. The zero-order valence-electron chi connectivity index (χ0n) is 10.1. The molecule has 2 rings (SSSR count). The van der Waals surface area contributed by atoms with Gasteiger partial charge in [0.1, 0.15) is 0 Å². The van der Waals surface area contributed by atoms with Crippen molar-refractivity contribution in [1.29, 1.82) is 0 Å². The first-order chi connectivity index (χ1) is 8.33. The van der Waals surface area contributed by atoms with Gasteiger partial charge in [-0.15, -0.1) is 6.58 Å². The van der Waals surface area contributed by atoms with Crippen LogP contribution >= 0.6 is 0 Å². The molecule has 0 fully saturated rings. The van der Waals surface area contributed by atoms with Gasteiger partial charge in [-0.05, 0) is 35.6 Å². The normalized spacial score (nSPS) is 12.5. The van der Waals surface area contributed by atoms with Gasteiger partial charge in [0.25, 0.3) is 0 Å². The molecular formula is C16H19N. The molecule has 1 unspecified atom stereocenters. The van der Waals surface area contributed by atoms with Crippen LogP contribution in [0.4, 0.5) is 0 Å². The van der Waals surface area contributed by atoms with Crippen LogP contribution in [-0.2, 0) is 0 Å². The molecule has 0 aliphatic carbocycles. The molecule has 0 bridgehead atoms. The predicted molar refractivity (Wildman–Crippen MR) is 74.9 cm³/mol. The van der Waals surface area contributed by atoms with Crippen LogP contribution in [0.15, 0.2) is 55.1 Å². The van der Waals surface area contributed by atoms with Crippen molar-refractivity contribution in [3.8, 4) is 0 Å². The van der Waals surface area contributed by atoms with Crippen molar-refractivity contribution >= 4 is 10.8 Å². The van der Waals surface area contributed by atoms with E-state index in [0.29, 0.717) is 0 Å². The summed E-state index contributed by atoms with van der Waals surface area (Å²) in [6, 6.07) is 14.9. The molecule has 0 saturated heterocycles. The van der Waals surface area contributed by atoms with Crippen molar-refractivity contribution in [2.24, 2.45) is 5.73 Å². The van der Waals surface area contributed by atoms with Crippen molar-refractivity contribution < 1.29 is 0 Å². The van der Waals surface area contributed by atoms with Crippen molar-refractivity contribution in [3.63, 3.8) is 0 Å². The number of benzene rings is 2. The van der Waals surface area contributed by atoms with Gasteiger partial charge in [0.2, 0.25) is 0 Å². The topological polar surface area (TPSA) is 26.0 Å². The van der Waals surface area contributed by atoms with Crippen molar-refractivity contribution in [2.75, 3.05) is 0 Å². The van der Waals surface area contributed by atoms with E-state index in [1.807, 2.05) is 6.08 Å². The third-order valence-corrected chi connectivity index (χ3v) is 3.15. The quantitative estimate of drug-likeness (QED) is 0.599. The second-order valence-electron chi connectivity index (χ2n) is 4.39. The van der Waals surface area contributed by atoms with Crippen LogP contribution < -0.4 is 5.73 Å². The molecule has 0 saturated carbocycles. The zero-order valence-corrected chi connectivity index (χ0v) is 10.1. The van der Waals surface area contributed by atoms with Crippen LogP contribution in [0, 0.1) is 0 Å². The maximum absolute atomic E-state index is 6.27. The molecule has 1 atom stereocenters. The summed E-state index contributed by atoms with van der Waals surface area (Å²) in [6.45, 7) is 3.74. The minimum atomic E-state index is 0.126. The predicted octanol–water partition coefficient (Wildman–Crippen LogP) is 4.20. The standard InChI is InChI=1S/C16H19N/c1-2-3-4-12-16(17)15-11-7-9-13-8-5-6-10-14(13)15/h2,5-11,16H,1,3-4,12,17H2. The molecule has 0 heterocycles. The highest BCUT2D eigenvalue weighted by Gasteiger charge is 2.08. The highest BCUT2D eigenvalue weighted by atomic mass is 14.6. The molecule has 2 aromatic rings. The van der Waals surface area contributed by atoms with E-state index in [-0.39, 0.29) is 6.04 Å². The molecule has 17 heavy (non-hydrogen) atoms. The minimum Gasteiger partial charge on any atom is -0.324 e. The lowest BCUT2D eigenvalue weighted by molar-refractivity contribution is 0.621. The van der Waals surface area contributed by atoms with Crippen molar-refractivity contribution in [2.45, 2.75) is 25.3 Å². The molecule has 88 valence electrons. The number of hydrogen-bond acceptors (Lipinski definition) is 1. The number of hydrogen-bond donors (Lipinski definition) is 1. The zero-order chi connectivity index (χ0) is 12.1. The number of unbranched alkanes of at least 4 members (excludes halogenated alkanes) is 1. The lowest BCUT2D eigenvalue weighted by Crippen LogP contribution is -2.10. The van der Waals surface area contributed by atoms with Gasteiger partial charge in [0, 0.05) is 6.04 Å². The van der Waals surface area contributed by atoms with E-state index in [1.165, 1.54) is 16.3 Å². The molecular weight excluding hydrogens is 206 g/mol. The summed E-state index contributed by atoms with van der Waals surface area (Å²) in [4.78, 5) is 0.